The van der Waals surface area contributed by atoms with Gasteiger partial charge in [0.05, 0.1) is 5.88 Å². The zero-order valence-corrected chi connectivity index (χ0v) is 14.3. The van der Waals surface area contributed by atoms with Gasteiger partial charge < -0.3 is 10.2 Å². The average Bonchev–Trinajstić information content (AvgIpc) is 3.10. The Balaban J connectivity index is 1.65. The van der Waals surface area contributed by atoms with Crippen LogP contribution in [0.25, 0.3) is 0 Å². The number of rotatable bonds is 4. The summed E-state index contributed by atoms with van der Waals surface area (Å²) < 4.78 is 0. The summed E-state index contributed by atoms with van der Waals surface area (Å²) in [6.07, 6.45) is 3.42. The topological polar surface area (TPSA) is 62.3 Å². The van der Waals surface area contributed by atoms with Gasteiger partial charge in [0.1, 0.15) is 6.04 Å². The van der Waals surface area contributed by atoms with Crippen molar-refractivity contribution >= 4 is 23.6 Å². The highest BCUT2D eigenvalue weighted by molar-refractivity contribution is 7.99. The SMILES string of the molecule is Cc1ccc(C(=O)N2CSCC2C(=O)NCc2cccnc2)cc1. The van der Waals surface area contributed by atoms with E-state index in [0.717, 1.165) is 11.1 Å². The molecule has 5 nitrogen and oxygen atoms in total. The molecule has 1 unspecified atom stereocenters. The van der Waals surface area contributed by atoms with Crippen molar-refractivity contribution in [1.29, 1.82) is 0 Å². The molecule has 1 atom stereocenters. The molecule has 0 saturated carbocycles. The number of pyridine rings is 1. The van der Waals surface area contributed by atoms with E-state index in [1.54, 1.807) is 29.1 Å². The highest BCUT2D eigenvalue weighted by Gasteiger charge is 2.34. The lowest BCUT2D eigenvalue weighted by Crippen LogP contribution is -2.47. The van der Waals surface area contributed by atoms with Crippen LogP contribution in [0.3, 0.4) is 0 Å². The first-order chi connectivity index (χ1) is 11.6. The van der Waals surface area contributed by atoms with E-state index in [-0.39, 0.29) is 11.8 Å². The van der Waals surface area contributed by atoms with Crippen LogP contribution < -0.4 is 5.32 Å². The summed E-state index contributed by atoms with van der Waals surface area (Å²) in [7, 11) is 0. The predicted octanol–water partition coefficient (Wildman–Crippen LogP) is 2.22. The summed E-state index contributed by atoms with van der Waals surface area (Å²) in [5.74, 6) is 0.944. The largest absolute Gasteiger partial charge is 0.350 e. The van der Waals surface area contributed by atoms with Gasteiger partial charge in [-0.15, -0.1) is 11.8 Å². The number of carbonyl (C=O) groups is 2. The number of hydrogen-bond acceptors (Lipinski definition) is 4. The van der Waals surface area contributed by atoms with Gasteiger partial charge in [0.15, 0.2) is 0 Å². The van der Waals surface area contributed by atoms with Gasteiger partial charge in [0, 0.05) is 30.3 Å². The Morgan fingerprint density at radius 2 is 2.08 bits per heavy atom. The summed E-state index contributed by atoms with van der Waals surface area (Å²) in [4.78, 5) is 30.8. The second kappa shape index (κ2) is 7.49. The second-order valence-corrected chi connectivity index (χ2v) is 6.74. The van der Waals surface area contributed by atoms with E-state index in [1.807, 2.05) is 43.3 Å². The minimum Gasteiger partial charge on any atom is -0.350 e. The molecule has 1 N–H and O–H groups in total. The maximum absolute atomic E-state index is 12.7. The average molecular weight is 341 g/mol. The minimum absolute atomic E-state index is 0.0958. The number of nitrogens with zero attached hydrogens (tertiary/aromatic N) is 2. The zero-order chi connectivity index (χ0) is 16.9. The molecule has 1 aliphatic heterocycles. The molecule has 2 amide bonds. The normalized spacial score (nSPS) is 16.9. The monoisotopic (exact) mass is 341 g/mol. The van der Waals surface area contributed by atoms with Gasteiger partial charge in [0.25, 0.3) is 5.91 Å². The highest BCUT2D eigenvalue weighted by atomic mass is 32.2. The summed E-state index contributed by atoms with van der Waals surface area (Å²) in [5, 5.41) is 2.90. The van der Waals surface area contributed by atoms with Crippen LogP contribution in [0.5, 0.6) is 0 Å². The van der Waals surface area contributed by atoms with E-state index in [2.05, 4.69) is 10.3 Å². The molecule has 0 radical (unpaired) electrons. The standard InChI is InChI=1S/C18H19N3O2S/c1-13-4-6-15(7-5-13)18(23)21-12-24-11-16(21)17(22)20-10-14-3-2-8-19-9-14/h2-9,16H,10-12H2,1H3,(H,20,22). The maximum Gasteiger partial charge on any atom is 0.255 e. The number of carbonyl (C=O) groups excluding carboxylic acids is 2. The van der Waals surface area contributed by atoms with Crippen molar-refractivity contribution in [2.24, 2.45) is 0 Å². The van der Waals surface area contributed by atoms with Crippen molar-refractivity contribution in [1.82, 2.24) is 15.2 Å². The van der Waals surface area contributed by atoms with Crippen LogP contribution in [0.2, 0.25) is 0 Å². The number of thioether (sulfide) groups is 1. The van der Waals surface area contributed by atoms with Crippen LogP contribution in [0, 0.1) is 6.92 Å². The van der Waals surface area contributed by atoms with Crippen LogP contribution in [-0.2, 0) is 11.3 Å². The molecule has 2 aromatic rings. The Kier molecular flexibility index (Phi) is 5.15. The molecule has 1 fully saturated rings. The number of benzene rings is 1. The molecule has 1 aliphatic rings. The molecule has 2 heterocycles. The lowest BCUT2D eigenvalue weighted by Gasteiger charge is -2.23. The third-order valence-electron chi connectivity index (χ3n) is 3.93. The fourth-order valence-electron chi connectivity index (χ4n) is 2.53. The number of nitrogens with one attached hydrogen (secondary N) is 1. The first-order valence-corrected chi connectivity index (χ1v) is 8.92. The summed E-state index contributed by atoms with van der Waals surface area (Å²) in [6.45, 7) is 2.40. The molecule has 3 rings (SSSR count). The Labute approximate surface area is 145 Å². The van der Waals surface area contributed by atoms with Gasteiger partial charge in [-0.05, 0) is 30.7 Å². The third-order valence-corrected chi connectivity index (χ3v) is 4.95. The molecular weight excluding hydrogens is 322 g/mol. The van der Waals surface area contributed by atoms with Crippen molar-refractivity contribution in [3.8, 4) is 0 Å². The number of amides is 2. The smallest absolute Gasteiger partial charge is 0.255 e. The number of aryl methyl sites for hydroxylation is 1. The lowest BCUT2D eigenvalue weighted by atomic mass is 10.1. The van der Waals surface area contributed by atoms with Crippen LogP contribution in [-0.4, -0.2) is 39.4 Å². The van der Waals surface area contributed by atoms with E-state index in [4.69, 9.17) is 0 Å². The van der Waals surface area contributed by atoms with E-state index < -0.39 is 6.04 Å². The molecule has 0 spiro atoms. The molecular formula is C18H19N3O2S. The molecule has 1 aromatic heterocycles. The summed E-state index contributed by atoms with van der Waals surface area (Å²) >= 11 is 1.60. The fraction of sp³-hybridized carbons (Fsp3) is 0.278. The van der Waals surface area contributed by atoms with Crippen molar-refractivity contribution in [3.05, 3.63) is 65.5 Å². The van der Waals surface area contributed by atoms with Crippen molar-refractivity contribution < 1.29 is 9.59 Å². The van der Waals surface area contributed by atoms with Gasteiger partial charge in [-0.3, -0.25) is 14.6 Å². The van der Waals surface area contributed by atoms with E-state index >= 15 is 0 Å². The third kappa shape index (κ3) is 3.76. The van der Waals surface area contributed by atoms with E-state index in [1.165, 1.54) is 0 Å². The Bertz CT molecular complexity index is 719. The number of aromatic nitrogens is 1. The molecule has 1 aromatic carbocycles. The van der Waals surface area contributed by atoms with Crippen LogP contribution in [0.4, 0.5) is 0 Å². The Morgan fingerprint density at radius 3 is 2.79 bits per heavy atom. The van der Waals surface area contributed by atoms with Gasteiger partial charge >= 0.3 is 0 Å². The van der Waals surface area contributed by atoms with Gasteiger partial charge in [-0.25, -0.2) is 0 Å². The van der Waals surface area contributed by atoms with E-state index in [9.17, 15) is 9.59 Å². The predicted molar refractivity (Wildman–Crippen MR) is 94.5 cm³/mol. The molecule has 0 bridgehead atoms. The Morgan fingerprint density at radius 1 is 1.29 bits per heavy atom. The van der Waals surface area contributed by atoms with Crippen LogP contribution in [0.15, 0.2) is 48.8 Å². The van der Waals surface area contributed by atoms with E-state index in [0.29, 0.717) is 23.7 Å². The van der Waals surface area contributed by atoms with Crippen LogP contribution in [0.1, 0.15) is 21.5 Å². The zero-order valence-electron chi connectivity index (χ0n) is 13.4. The Hall–Kier alpha value is -2.34. The first kappa shape index (κ1) is 16.5. The second-order valence-electron chi connectivity index (χ2n) is 5.74. The fourth-order valence-corrected chi connectivity index (χ4v) is 3.69. The van der Waals surface area contributed by atoms with Crippen molar-refractivity contribution in [2.45, 2.75) is 19.5 Å². The quantitative estimate of drug-likeness (QED) is 0.926. The minimum atomic E-state index is -0.430. The summed E-state index contributed by atoms with van der Waals surface area (Å²) in [6, 6.07) is 10.8. The highest BCUT2D eigenvalue weighted by Crippen LogP contribution is 2.23. The number of hydrogen-bond donors (Lipinski definition) is 1. The van der Waals surface area contributed by atoms with Crippen molar-refractivity contribution in [3.63, 3.8) is 0 Å². The molecule has 6 heteroatoms. The maximum atomic E-state index is 12.7. The molecule has 0 aliphatic carbocycles. The van der Waals surface area contributed by atoms with Gasteiger partial charge in [-0.1, -0.05) is 23.8 Å². The molecule has 124 valence electrons. The molecule has 1 saturated heterocycles. The van der Waals surface area contributed by atoms with Crippen molar-refractivity contribution in [2.75, 3.05) is 11.6 Å². The molecule has 24 heavy (non-hydrogen) atoms. The van der Waals surface area contributed by atoms with Crippen LogP contribution >= 0.6 is 11.8 Å². The lowest BCUT2D eigenvalue weighted by molar-refractivity contribution is -0.124. The first-order valence-electron chi connectivity index (χ1n) is 7.77. The van der Waals surface area contributed by atoms with Gasteiger partial charge in [0.2, 0.25) is 5.91 Å². The summed E-state index contributed by atoms with van der Waals surface area (Å²) in [5.41, 5.74) is 2.66. The van der Waals surface area contributed by atoms with Gasteiger partial charge in [-0.2, -0.15) is 0 Å².